The molecule has 0 N–H and O–H groups in total. The van der Waals surface area contributed by atoms with Crippen molar-refractivity contribution in [3.05, 3.63) is 72.3 Å². The highest BCUT2D eigenvalue weighted by Gasteiger charge is 2.13. The van der Waals surface area contributed by atoms with Gasteiger partial charge in [-0.3, -0.25) is 9.80 Å². The predicted octanol–water partition coefficient (Wildman–Crippen LogP) is -4.88. The summed E-state index contributed by atoms with van der Waals surface area (Å²) in [5.74, 6) is -4.89. The van der Waals surface area contributed by atoms with Gasteiger partial charge in [0.1, 0.15) is 0 Å². The summed E-state index contributed by atoms with van der Waals surface area (Å²) in [5, 5.41) is 52.5. The number of aliphatic carboxylic acids is 4. The Labute approximate surface area is 237 Å². The first-order valence-electron chi connectivity index (χ1n) is 12.3. The molecule has 4 rings (SSSR count). The highest BCUT2D eigenvalue weighted by atomic mass is 16.4. The zero-order valence-corrected chi connectivity index (χ0v) is 21.9. The molecule has 0 amide bonds. The van der Waals surface area contributed by atoms with Crippen molar-refractivity contribution in [2.45, 2.75) is 13.1 Å². The van der Waals surface area contributed by atoms with Crippen LogP contribution < -0.4 is 20.4 Å². The van der Waals surface area contributed by atoms with Crippen LogP contribution in [0.15, 0.2) is 60.9 Å². The summed E-state index contributed by atoms with van der Waals surface area (Å²) in [5.41, 5.74) is 1.78. The molecule has 4 aromatic heterocycles. The summed E-state index contributed by atoms with van der Waals surface area (Å²) in [7, 11) is 0. The van der Waals surface area contributed by atoms with E-state index in [1.54, 1.807) is 60.9 Å². The fourth-order valence-electron chi connectivity index (χ4n) is 4.06. The average Bonchev–Trinajstić information content (AvgIpc) is 3.57. The first-order valence-corrected chi connectivity index (χ1v) is 12.3. The van der Waals surface area contributed by atoms with Gasteiger partial charge >= 0.3 is 0 Å². The predicted molar refractivity (Wildman–Crippen MR) is 132 cm³/mol. The summed E-state index contributed by atoms with van der Waals surface area (Å²) >= 11 is 0. The number of hydrogen-bond donors (Lipinski definition) is 0. The first kappa shape index (κ1) is 29.5. The molecule has 4 aromatic rings. The number of rotatable bonds is 15. The molecule has 218 valence electrons. The van der Waals surface area contributed by atoms with E-state index in [-0.39, 0.29) is 13.1 Å². The molecule has 0 spiro atoms. The summed E-state index contributed by atoms with van der Waals surface area (Å²) in [6.45, 7) is -2.55. The molecule has 0 saturated carbocycles. The summed E-state index contributed by atoms with van der Waals surface area (Å²) < 4.78 is 2.90. The van der Waals surface area contributed by atoms with Gasteiger partial charge in [0.05, 0.1) is 46.7 Å². The Bertz CT molecular complexity index is 1450. The monoisotopic (exact) mass is 574 g/mol. The van der Waals surface area contributed by atoms with Crippen LogP contribution in [-0.4, -0.2) is 89.4 Å². The van der Waals surface area contributed by atoms with Crippen LogP contribution in [0.4, 0.5) is 0 Å². The molecule has 0 radical (unpaired) electrons. The number of carbonyl (C=O) groups excluding carboxylic acids is 4. The maximum absolute atomic E-state index is 11.0. The largest absolute Gasteiger partial charge is 0.549 e. The van der Waals surface area contributed by atoms with E-state index in [9.17, 15) is 39.6 Å². The minimum absolute atomic E-state index is 0.0672. The maximum atomic E-state index is 11.0. The lowest BCUT2D eigenvalue weighted by Crippen LogP contribution is -2.43. The topological polar surface area (TPSA) is 228 Å². The standard InChI is InChI=1S/C26H26N8O8/c35-23(36)13-31(14-24(37)38)11-17-7-9-33(29-17)21-5-1-3-19(27-21)20-4-2-6-22(28-20)34-10-8-18(30-34)12-32(15-25(39)40)16-26(41)42/h1-10H,11-16H2,(H,35,36)(H,37,38)(H,39,40)(H,41,42)/p-4. The molecule has 0 aliphatic carbocycles. The number of carboxylic acid groups (broad SMARTS) is 4. The van der Waals surface area contributed by atoms with Gasteiger partial charge in [-0.1, -0.05) is 12.1 Å². The summed E-state index contributed by atoms with van der Waals surface area (Å²) in [4.78, 5) is 55.2. The van der Waals surface area contributed by atoms with Crippen molar-refractivity contribution >= 4 is 23.9 Å². The van der Waals surface area contributed by atoms with Gasteiger partial charge in [-0.05, 0) is 36.4 Å². The van der Waals surface area contributed by atoms with Gasteiger partial charge < -0.3 is 39.6 Å². The third-order valence-electron chi connectivity index (χ3n) is 5.67. The third kappa shape index (κ3) is 8.26. The second-order valence-electron chi connectivity index (χ2n) is 9.04. The fraction of sp³-hybridized carbons (Fsp3) is 0.231. The van der Waals surface area contributed by atoms with Crippen molar-refractivity contribution in [3.8, 4) is 23.0 Å². The van der Waals surface area contributed by atoms with Crippen LogP contribution in [0, 0.1) is 0 Å². The molecular formula is C26H22N8O8-4. The number of aromatic nitrogens is 6. The van der Waals surface area contributed by atoms with Crippen molar-refractivity contribution in [1.29, 1.82) is 0 Å². The van der Waals surface area contributed by atoms with Crippen LogP contribution in [0.25, 0.3) is 23.0 Å². The smallest absolute Gasteiger partial charge is 0.154 e. The fourth-order valence-corrected chi connectivity index (χ4v) is 4.06. The molecule has 0 aliphatic rings. The Kier molecular flexibility index (Phi) is 9.31. The molecule has 16 heteroatoms. The zero-order chi connectivity index (χ0) is 30.2. The molecule has 0 atom stereocenters. The van der Waals surface area contributed by atoms with Crippen molar-refractivity contribution < 1.29 is 39.6 Å². The van der Waals surface area contributed by atoms with Crippen molar-refractivity contribution in [3.63, 3.8) is 0 Å². The van der Waals surface area contributed by atoms with Gasteiger partial charge in [0.25, 0.3) is 0 Å². The lowest BCUT2D eigenvalue weighted by atomic mass is 10.2. The van der Waals surface area contributed by atoms with Gasteiger partial charge in [0.2, 0.25) is 0 Å². The Hall–Kier alpha value is -5.48. The lowest BCUT2D eigenvalue weighted by Gasteiger charge is -2.21. The molecule has 16 nitrogen and oxygen atoms in total. The second kappa shape index (κ2) is 13.2. The van der Waals surface area contributed by atoms with Gasteiger partial charge in [0, 0.05) is 51.7 Å². The van der Waals surface area contributed by atoms with Gasteiger partial charge in [0.15, 0.2) is 11.6 Å². The molecular weight excluding hydrogens is 552 g/mol. The number of carboxylic acids is 4. The normalized spacial score (nSPS) is 11.2. The summed E-state index contributed by atoms with van der Waals surface area (Å²) in [6.07, 6.45) is 3.19. The quantitative estimate of drug-likeness (QED) is 0.130. The Morgan fingerprint density at radius 3 is 1.26 bits per heavy atom. The number of hydrogen-bond acceptors (Lipinski definition) is 14. The Morgan fingerprint density at radius 2 is 0.929 bits per heavy atom. The van der Waals surface area contributed by atoms with Crippen molar-refractivity contribution in [2.75, 3.05) is 26.2 Å². The highest BCUT2D eigenvalue weighted by molar-refractivity contribution is 5.70. The van der Waals surface area contributed by atoms with E-state index in [1.807, 2.05) is 0 Å². The molecule has 0 unspecified atom stereocenters. The maximum Gasteiger partial charge on any atom is 0.154 e. The number of pyridine rings is 2. The van der Waals surface area contributed by atoms with E-state index in [4.69, 9.17) is 0 Å². The minimum Gasteiger partial charge on any atom is -0.549 e. The van der Waals surface area contributed by atoms with Crippen LogP contribution >= 0.6 is 0 Å². The van der Waals surface area contributed by atoms with Crippen LogP contribution in [0.3, 0.4) is 0 Å². The first-order chi connectivity index (χ1) is 20.0. The van der Waals surface area contributed by atoms with Crippen LogP contribution in [0.1, 0.15) is 11.4 Å². The lowest BCUT2D eigenvalue weighted by molar-refractivity contribution is -0.313. The summed E-state index contributed by atoms with van der Waals surface area (Å²) in [6, 6.07) is 13.5. The zero-order valence-electron chi connectivity index (χ0n) is 21.9. The minimum atomic E-state index is -1.43. The van der Waals surface area contributed by atoms with Gasteiger partial charge in [-0.15, -0.1) is 0 Å². The van der Waals surface area contributed by atoms with E-state index in [0.717, 1.165) is 9.80 Å². The average molecular weight is 575 g/mol. The Balaban J connectivity index is 1.51. The molecule has 4 heterocycles. The van der Waals surface area contributed by atoms with Crippen molar-refractivity contribution in [1.82, 2.24) is 39.3 Å². The third-order valence-corrected chi connectivity index (χ3v) is 5.67. The SMILES string of the molecule is O=C([O-])CN(CC(=O)[O-])Cc1ccn(-c2cccc(-c3cccc(-n4ccc(CN(CC(=O)[O-])CC(=O)[O-])n4)n3)n2)n1. The van der Waals surface area contributed by atoms with E-state index in [1.165, 1.54) is 9.36 Å². The van der Waals surface area contributed by atoms with Crippen molar-refractivity contribution in [2.24, 2.45) is 0 Å². The number of carbonyl (C=O) groups is 4. The molecule has 0 bridgehead atoms. The molecule has 0 fully saturated rings. The van der Waals surface area contributed by atoms with E-state index < -0.39 is 50.1 Å². The molecule has 0 saturated heterocycles. The van der Waals surface area contributed by atoms with E-state index >= 15 is 0 Å². The molecule has 0 aliphatic heterocycles. The molecule has 42 heavy (non-hydrogen) atoms. The van der Waals surface area contributed by atoms with Gasteiger partial charge in [-0.25, -0.2) is 19.3 Å². The highest BCUT2D eigenvalue weighted by Crippen LogP contribution is 2.19. The second-order valence-corrected chi connectivity index (χ2v) is 9.04. The van der Waals surface area contributed by atoms with E-state index in [2.05, 4.69) is 20.2 Å². The van der Waals surface area contributed by atoms with Crippen LogP contribution in [0.2, 0.25) is 0 Å². The van der Waals surface area contributed by atoms with E-state index in [0.29, 0.717) is 34.4 Å². The number of nitrogens with zero attached hydrogens (tertiary/aromatic N) is 8. The Morgan fingerprint density at radius 1 is 0.571 bits per heavy atom. The van der Waals surface area contributed by atoms with Crippen LogP contribution in [-0.2, 0) is 32.3 Å². The van der Waals surface area contributed by atoms with Crippen LogP contribution in [0.5, 0.6) is 0 Å². The van der Waals surface area contributed by atoms with Gasteiger partial charge in [-0.2, -0.15) is 10.2 Å². The molecule has 0 aromatic carbocycles.